The smallest absolute Gasteiger partial charge is 0.353 e. The SMILES string of the molecule is CCC(SC1CNC(C(=O)N(C)C)C1)=C(C(=O)O)N1CC(C(C)O)C1=O. The van der Waals surface area contributed by atoms with Gasteiger partial charge in [-0.2, -0.15) is 0 Å². The molecule has 9 heteroatoms. The van der Waals surface area contributed by atoms with Crippen molar-refractivity contribution in [1.29, 1.82) is 0 Å². The zero-order valence-corrected chi connectivity index (χ0v) is 16.4. The Morgan fingerprint density at radius 1 is 1.42 bits per heavy atom. The summed E-state index contributed by atoms with van der Waals surface area (Å²) >= 11 is 1.42. The summed E-state index contributed by atoms with van der Waals surface area (Å²) in [6.07, 6.45) is 0.309. The zero-order valence-electron chi connectivity index (χ0n) is 15.6. The van der Waals surface area contributed by atoms with Crippen LogP contribution in [0.3, 0.4) is 0 Å². The molecule has 2 heterocycles. The van der Waals surface area contributed by atoms with E-state index in [2.05, 4.69) is 5.32 Å². The molecule has 3 N–H and O–H groups in total. The summed E-state index contributed by atoms with van der Waals surface area (Å²) in [6, 6.07) is -0.265. The second-order valence-electron chi connectivity index (χ2n) is 6.90. The van der Waals surface area contributed by atoms with Crippen LogP contribution >= 0.6 is 11.8 Å². The highest BCUT2D eigenvalue weighted by Crippen LogP contribution is 2.36. The Balaban J connectivity index is 2.12. The maximum atomic E-state index is 12.2. The third-order valence-electron chi connectivity index (χ3n) is 4.74. The van der Waals surface area contributed by atoms with Gasteiger partial charge in [-0.05, 0) is 19.8 Å². The summed E-state index contributed by atoms with van der Waals surface area (Å²) in [7, 11) is 3.41. The molecule has 26 heavy (non-hydrogen) atoms. The highest BCUT2D eigenvalue weighted by atomic mass is 32.2. The van der Waals surface area contributed by atoms with E-state index in [0.29, 0.717) is 24.3 Å². The minimum absolute atomic E-state index is 0.00165. The van der Waals surface area contributed by atoms with Gasteiger partial charge in [0, 0.05) is 37.3 Å². The Labute approximate surface area is 157 Å². The molecule has 2 saturated heterocycles. The van der Waals surface area contributed by atoms with Crippen LogP contribution in [0.5, 0.6) is 0 Å². The van der Waals surface area contributed by atoms with Gasteiger partial charge in [-0.15, -0.1) is 11.8 Å². The summed E-state index contributed by atoms with van der Waals surface area (Å²) in [5.74, 6) is -2.03. The molecular formula is C17H27N3O5S. The summed E-state index contributed by atoms with van der Waals surface area (Å²) in [6.45, 7) is 4.21. The van der Waals surface area contributed by atoms with Crippen molar-refractivity contribution in [1.82, 2.24) is 15.1 Å². The van der Waals surface area contributed by atoms with Crippen LogP contribution in [0.1, 0.15) is 26.7 Å². The van der Waals surface area contributed by atoms with Crippen molar-refractivity contribution in [2.24, 2.45) is 5.92 Å². The van der Waals surface area contributed by atoms with Crippen LogP contribution in [0.25, 0.3) is 0 Å². The summed E-state index contributed by atoms with van der Waals surface area (Å²) < 4.78 is 0. The monoisotopic (exact) mass is 385 g/mol. The number of carboxylic acid groups (broad SMARTS) is 1. The first-order valence-corrected chi connectivity index (χ1v) is 9.62. The van der Waals surface area contributed by atoms with Gasteiger partial charge in [0.2, 0.25) is 11.8 Å². The van der Waals surface area contributed by atoms with Gasteiger partial charge in [0.1, 0.15) is 5.70 Å². The predicted molar refractivity (Wildman–Crippen MR) is 98.3 cm³/mol. The fourth-order valence-corrected chi connectivity index (χ4v) is 4.55. The van der Waals surface area contributed by atoms with Gasteiger partial charge in [-0.25, -0.2) is 4.79 Å². The highest BCUT2D eigenvalue weighted by molar-refractivity contribution is 8.03. The lowest BCUT2D eigenvalue weighted by Crippen LogP contribution is -2.56. The lowest BCUT2D eigenvalue weighted by molar-refractivity contribution is -0.154. The molecule has 2 aliphatic rings. The van der Waals surface area contributed by atoms with E-state index in [1.807, 2.05) is 6.92 Å². The molecule has 0 aromatic heterocycles. The molecule has 0 aromatic carbocycles. The molecule has 2 rings (SSSR count). The van der Waals surface area contributed by atoms with Crippen LogP contribution in [0, 0.1) is 5.92 Å². The van der Waals surface area contributed by atoms with E-state index in [9.17, 15) is 24.6 Å². The third kappa shape index (κ3) is 4.21. The number of nitrogens with one attached hydrogen (secondary N) is 1. The lowest BCUT2D eigenvalue weighted by Gasteiger charge is -2.40. The molecule has 2 aliphatic heterocycles. The van der Waals surface area contributed by atoms with Gasteiger partial charge in [-0.1, -0.05) is 6.92 Å². The van der Waals surface area contributed by atoms with Crippen LogP contribution in [0.4, 0.5) is 0 Å². The molecule has 0 aromatic rings. The van der Waals surface area contributed by atoms with Crippen molar-refractivity contribution in [3.05, 3.63) is 10.6 Å². The van der Waals surface area contributed by atoms with E-state index in [0.717, 1.165) is 0 Å². The van der Waals surface area contributed by atoms with Gasteiger partial charge in [0.05, 0.1) is 18.1 Å². The van der Waals surface area contributed by atoms with Crippen molar-refractivity contribution < 1.29 is 24.6 Å². The predicted octanol–water partition coefficient (Wildman–Crippen LogP) is 0.0837. The first-order chi connectivity index (χ1) is 12.2. The standard InChI is InChI=1S/C17H27N3O5S/c1-5-13(26-10-6-12(18-7-10)16(23)19(3)4)14(17(24)25)20-8-11(9(2)21)15(20)22/h9-12,18,21H,5-8H2,1-4H3,(H,24,25). The topological polar surface area (TPSA) is 110 Å². The average Bonchev–Trinajstić information content (AvgIpc) is 3.02. The molecular weight excluding hydrogens is 358 g/mol. The number of carboxylic acids is 1. The van der Waals surface area contributed by atoms with E-state index in [-0.39, 0.29) is 35.3 Å². The number of thioether (sulfide) groups is 1. The number of amides is 2. The normalized spacial score (nSPS) is 27.7. The fourth-order valence-electron chi connectivity index (χ4n) is 3.20. The van der Waals surface area contributed by atoms with E-state index in [1.165, 1.54) is 23.6 Å². The molecule has 0 radical (unpaired) electrons. The Kier molecular flexibility index (Phi) is 6.70. The number of β-lactam (4-membered cyclic amide) rings is 1. The molecule has 2 amide bonds. The number of allylic oxidation sites excluding steroid dienone is 1. The molecule has 2 fully saturated rings. The largest absolute Gasteiger partial charge is 0.477 e. The number of carbonyl (C=O) groups is 3. The number of aliphatic hydroxyl groups excluding tert-OH is 1. The van der Waals surface area contributed by atoms with E-state index >= 15 is 0 Å². The lowest BCUT2D eigenvalue weighted by atomic mass is 9.92. The van der Waals surface area contributed by atoms with Gasteiger partial charge in [0.15, 0.2) is 0 Å². The Bertz CT molecular complexity index is 620. The first kappa shape index (κ1) is 20.7. The Morgan fingerprint density at radius 3 is 2.54 bits per heavy atom. The van der Waals surface area contributed by atoms with E-state index < -0.39 is 18.0 Å². The summed E-state index contributed by atoms with van der Waals surface area (Å²) in [4.78, 5) is 39.5. The number of likely N-dealkylation sites (tertiary alicyclic amines) is 1. The van der Waals surface area contributed by atoms with Crippen molar-refractivity contribution in [2.45, 2.75) is 44.1 Å². The van der Waals surface area contributed by atoms with Crippen LogP contribution < -0.4 is 5.32 Å². The van der Waals surface area contributed by atoms with Crippen LogP contribution in [0.2, 0.25) is 0 Å². The molecule has 0 bridgehead atoms. The number of nitrogens with zero attached hydrogens (tertiary/aromatic N) is 2. The van der Waals surface area contributed by atoms with Crippen molar-refractivity contribution in [3.8, 4) is 0 Å². The zero-order chi connectivity index (χ0) is 19.6. The van der Waals surface area contributed by atoms with Gasteiger partial charge in [-0.3, -0.25) is 9.59 Å². The fraction of sp³-hybridized carbons (Fsp3) is 0.706. The molecule has 146 valence electrons. The van der Waals surface area contributed by atoms with Gasteiger partial charge in [0.25, 0.3) is 0 Å². The minimum atomic E-state index is -1.14. The second kappa shape index (κ2) is 8.41. The molecule has 8 nitrogen and oxygen atoms in total. The number of aliphatic carboxylic acids is 1. The van der Waals surface area contributed by atoms with Crippen molar-refractivity contribution in [3.63, 3.8) is 0 Å². The van der Waals surface area contributed by atoms with Crippen LogP contribution in [-0.2, 0) is 14.4 Å². The first-order valence-electron chi connectivity index (χ1n) is 8.74. The number of rotatable bonds is 7. The maximum Gasteiger partial charge on any atom is 0.353 e. The van der Waals surface area contributed by atoms with Crippen molar-refractivity contribution in [2.75, 3.05) is 27.2 Å². The van der Waals surface area contributed by atoms with E-state index in [1.54, 1.807) is 19.0 Å². The van der Waals surface area contributed by atoms with E-state index in [4.69, 9.17) is 0 Å². The Morgan fingerprint density at radius 2 is 2.08 bits per heavy atom. The molecule has 0 saturated carbocycles. The molecule has 0 spiro atoms. The van der Waals surface area contributed by atoms with Gasteiger partial charge < -0.3 is 25.3 Å². The second-order valence-corrected chi connectivity index (χ2v) is 8.29. The quantitative estimate of drug-likeness (QED) is 0.421. The van der Waals surface area contributed by atoms with Crippen LogP contribution in [0.15, 0.2) is 10.6 Å². The molecule has 0 aliphatic carbocycles. The number of aliphatic hydroxyl groups is 1. The third-order valence-corrected chi connectivity index (χ3v) is 6.20. The number of likely N-dealkylation sites (N-methyl/N-ethyl adjacent to an activating group) is 1. The average molecular weight is 385 g/mol. The number of hydrogen-bond donors (Lipinski definition) is 3. The number of carbonyl (C=O) groups excluding carboxylic acids is 2. The summed E-state index contributed by atoms with van der Waals surface area (Å²) in [5.41, 5.74) is 0.00165. The van der Waals surface area contributed by atoms with Gasteiger partial charge >= 0.3 is 5.97 Å². The molecule has 4 unspecified atom stereocenters. The molecule has 4 atom stereocenters. The number of hydrogen-bond acceptors (Lipinski definition) is 6. The summed E-state index contributed by atoms with van der Waals surface area (Å²) in [5, 5.41) is 22.5. The minimum Gasteiger partial charge on any atom is -0.477 e. The Hall–Kier alpha value is -1.58. The maximum absolute atomic E-state index is 12.2. The van der Waals surface area contributed by atoms with Crippen LogP contribution in [-0.4, -0.2) is 82.4 Å². The highest BCUT2D eigenvalue weighted by Gasteiger charge is 2.44. The van der Waals surface area contributed by atoms with Crippen molar-refractivity contribution >= 4 is 29.5 Å².